The average Bonchev–Trinajstić information content (AvgIpc) is 3.03. The van der Waals surface area contributed by atoms with Gasteiger partial charge in [0.25, 0.3) is 0 Å². The van der Waals surface area contributed by atoms with E-state index in [1.165, 1.54) is 12.1 Å². The van der Waals surface area contributed by atoms with Crippen molar-refractivity contribution in [2.75, 3.05) is 0 Å². The van der Waals surface area contributed by atoms with Crippen molar-refractivity contribution in [3.63, 3.8) is 0 Å². The summed E-state index contributed by atoms with van der Waals surface area (Å²) in [5.41, 5.74) is 1.79. The number of hydrogen-bond acceptors (Lipinski definition) is 3. The van der Waals surface area contributed by atoms with Gasteiger partial charge in [-0.1, -0.05) is 24.3 Å². The summed E-state index contributed by atoms with van der Waals surface area (Å²) in [6.07, 6.45) is -2.81. The lowest BCUT2D eigenvalue weighted by Crippen LogP contribution is -2.04. The maximum Gasteiger partial charge on any atom is 0.416 e. The number of benzene rings is 2. The number of alkyl halides is 3. The molecule has 2 aromatic rings. The van der Waals surface area contributed by atoms with Gasteiger partial charge in [0.05, 0.1) is 17.3 Å². The van der Waals surface area contributed by atoms with Crippen molar-refractivity contribution in [2.24, 2.45) is 0 Å². The molecule has 0 spiro atoms. The average molecular weight is 314 g/mol. The molecule has 0 amide bonds. The highest BCUT2D eigenvalue weighted by atomic mass is 19.4. The largest absolute Gasteiger partial charge is 0.455 e. The molecule has 0 saturated carbocycles. The molecule has 3 nitrogen and oxygen atoms in total. The van der Waals surface area contributed by atoms with Crippen molar-refractivity contribution in [2.45, 2.75) is 6.18 Å². The number of fused-ring (bicyclic) bond motifs is 3. The summed E-state index contributed by atoms with van der Waals surface area (Å²) in [5, 5.41) is 8.82. The molecule has 0 radical (unpaired) electrons. The summed E-state index contributed by atoms with van der Waals surface area (Å²) in [6.45, 7) is 0. The summed E-state index contributed by atoms with van der Waals surface area (Å²) in [4.78, 5) is 0. The Bertz CT molecular complexity index is 958. The first kappa shape index (κ1) is 13.8. The van der Waals surface area contributed by atoms with Crippen molar-refractivity contribution in [3.8, 4) is 22.6 Å². The number of nitrogens with zero attached hydrogens (tertiary/aromatic N) is 2. The second-order valence-electron chi connectivity index (χ2n) is 5.11. The van der Waals surface area contributed by atoms with Gasteiger partial charge in [-0.05, 0) is 24.3 Å². The second-order valence-corrected chi connectivity index (χ2v) is 5.11. The topological polar surface area (TPSA) is 38.9 Å². The van der Waals surface area contributed by atoms with Crippen molar-refractivity contribution in [1.82, 2.24) is 10.2 Å². The molecule has 0 bridgehead atoms. The van der Waals surface area contributed by atoms with Crippen molar-refractivity contribution >= 4 is 11.0 Å². The monoisotopic (exact) mass is 314 g/mol. The SMILES string of the molecule is FC(F)(F)c1ccc(-c2oc3ccccc3c3nncc2-3)cc1. The molecular formula is C17H9F3N2O. The van der Waals surface area contributed by atoms with Crippen LogP contribution in [0.2, 0.25) is 0 Å². The fourth-order valence-electron chi connectivity index (χ4n) is 2.57. The molecular weight excluding hydrogens is 305 g/mol. The molecule has 0 N–H and O–H groups in total. The highest BCUT2D eigenvalue weighted by Crippen LogP contribution is 2.39. The minimum Gasteiger partial charge on any atom is -0.455 e. The van der Waals surface area contributed by atoms with Gasteiger partial charge in [0.15, 0.2) is 0 Å². The Kier molecular flexibility index (Phi) is 2.87. The summed E-state index contributed by atoms with van der Waals surface area (Å²) in [6, 6.07) is 12.2. The van der Waals surface area contributed by atoms with Gasteiger partial charge in [0, 0.05) is 10.9 Å². The molecule has 0 aliphatic carbocycles. The lowest BCUT2D eigenvalue weighted by atomic mass is 10.0. The van der Waals surface area contributed by atoms with Crippen LogP contribution >= 0.6 is 0 Å². The van der Waals surface area contributed by atoms with E-state index in [1.54, 1.807) is 12.3 Å². The van der Waals surface area contributed by atoms with E-state index in [-0.39, 0.29) is 0 Å². The van der Waals surface area contributed by atoms with Gasteiger partial charge in [-0.3, -0.25) is 0 Å². The van der Waals surface area contributed by atoms with Crippen molar-refractivity contribution in [1.29, 1.82) is 0 Å². The predicted octanol–water partition coefficient (Wildman–Crippen LogP) is 5.01. The molecule has 0 fully saturated rings. The Balaban J connectivity index is 1.92. The summed E-state index contributed by atoms with van der Waals surface area (Å²) < 4.78 is 44.0. The van der Waals surface area contributed by atoms with Crippen molar-refractivity contribution < 1.29 is 17.6 Å². The molecule has 23 heavy (non-hydrogen) atoms. The molecule has 2 heterocycles. The predicted molar refractivity (Wildman–Crippen MR) is 78.9 cm³/mol. The van der Waals surface area contributed by atoms with Crippen LogP contribution in [0.1, 0.15) is 5.56 Å². The summed E-state index contributed by atoms with van der Waals surface area (Å²) >= 11 is 0. The minimum absolute atomic E-state index is 0.456. The maximum absolute atomic E-state index is 12.7. The molecule has 0 unspecified atom stereocenters. The molecule has 114 valence electrons. The third-order valence-electron chi connectivity index (χ3n) is 3.67. The van der Waals surface area contributed by atoms with Crippen LogP contribution in [0.25, 0.3) is 33.6 Å². The molecule has 6 heteroatoms. The molecule has 0 atom stereocenters. The van der Waals surface area contributed by atoms with Crippen LogP contribution in [0.5, 0.6) is 0 Å². The molecule has 0 aromatic heterocycles. The Morgan fingerprint density at radius 3 is 2.39 bits per heavy atom. The molecule has 2 aliphatic heterocycles. The van der Waals surface area contributed by atoms with E-state index in [0.717, 1.165) is 17.5 Å². The zero-order valence-electron chi connectivity index (χ0n) is 11.6. The summed E-state index contributed by atoms with van der Waals surface area (Å²) in [7, 11) is 0. The minimum atomic E-state index is -4.36. The highest BCUT2D eigenvalue weighted by Gasteiger charge is 2.30. The smallest absolute Gasteiger partial charge is 0.416 e. The first-order valence-electron chi connectivity index (χ1n) is 6.84. The first-order chi connectivity index (χ1) is 11.0. The number of para-hydroxylation sites is 1. The third kappa shape index (κ3) is 2.23. The van der Waals surface area contributed by atoms with Crippen LogP contribution in [0.4, 0.5) is 13.2 Å². The highest BCUT2D eigenvalue weighted by molar-refractivity contribution is 5.96. The van der Waals surface area contributed by atoms with Crippen LogP contribution in [0, 0.1) is 0 Å². The van der Waals surface area contributed by atoms with Gasteiger partial charge >= 0.3 is 6.18 Å². The molecule has 4 rings (SSSR count). The van der Waals surface area contributed by atoms with E-state index < -0.39 is 11.7 Å². The van der Waals surface area contributed by atoms with Gasteiger partial charge in [-0.2, -0.15) is 18.3 Å². The first-order valence-corrected chi connectivity index (χ1v) is 6.84. The normalized spacial score (nSPS) is 12.1. The number of hydrogen-bond donors (Lipinski definition) is 0. The summed E-state index contributed by atoms with van der Waals surface area (Å²) in [5.74, 6) is 0.456. The number of aromatic nitrogens is 2. The molecule has 2 aromatic carbocycles. The van der Waals surface area contributed by atoms with E-state index >= 15 is 0 Å². The van der Waals surface area contributed by atoms with E-state index in [9.17, 15) is 13.2 Å². The van der Waals surface area contributed by atoms with Crippen LogP contribution in [-0.4, -0.2) is 10.2 Å². The van der Waals surface area contributed by atoms with Crippen LogP contribution in [-0.2, 0) is 6.18 Å². The molecule has 2 aliphatic rings. The standard InChI is InChI=1S/C17H9F3N2O/c18-17(19,20)11-7-5-10(6-8-11)16-13-9-21-22-15(13)12-3-1-2-4-14(12)23-16/h1-9H. The lowest BCUT2D eigenvalue weighted by molar-refractivity contribution is -0.137. The number of rotatable bonds is 1. The van der Waals surface area contributed by atoms with Gasteiger partial charge in [-0.25, -0.2) is 0 Å². The van der Waals surface area contributed by atoms with Gasteiger partial charge < -0.3 is 4.42 Å². The van der Waals surface area contributed by atoms with E-state index in [4.69, 9.17) is 4.42 Å². The lowest BCUT2D eigenvalue weighted by Gasteiger charge is -2.11. The fourth-order valence-corrected chi connectivity index (χ4v) is 2.57. The Morgan fingerprint density at radius 1 is 0.913 bits per heavy atom. The quantitative estimate of drug-likeness (QED) is 0.495. The van der Waals surface area contributed by atoms with Gasteiger partial charge in [-0.15, -0.1) is 5.10 Å². The molecule has 0 saturated heterocycles. The van der Waals surface area contributed by atoms with E-state index in [0.29, 0.717) is 28.2 Å². The number of halogens is 3. The zero-order chi connectivity index (χ0) is 16.0. The van der Waals surface area contributed by atoms with Crippen LogP contribution in [0.3, 0.4) is 0 Å². The van der Waals surface area contributed by atoms with Gasteiger partial charge in [0.1, 0.15) is 17.0 Å². The third-order valence-corrected chi connectivity index (χ3v) is 3.67. The second kappa shape index (κ2) is 4.81. The van der Waals surface area contributed by atoms with E-state index in [2.05, 4.69) is 10.2 Å². The maximum atomic E-state index is 12.7. The van der Waals surface area contributed by atoms with Crippen LogP contribution in [0.15, 0.2) is 59.1 Å². The van der Waals surface area contributed by atoms with Crippen molar-refractivity contribution in [3.05, 3.63) is 60.3 Å². The van der Waals surface area contributed by atoms with Crippen LogP contribution < -0.4 is 0 Å². The van der Waals surface area contributed by atoms with E-state index in [1.807, 2.05) is 18.2 Å². The van der Waals surface area contributed by atoms with Gasteiger partial charge in [0.2, 0.25) is 0 Å². The Morgan fingerprint density at radius 2 is 1.65 bits per heavy atom. The Hall–Kier alpha value is -2.89. The fraction of sp³-hybridized carbons (Fsp3) is 0.0588. The Labute approximate surface area is 128 Å². The zero-order valence-corrected chi connectivity index (χ0v) is 11.6.